The molecule has 0 spiro atoms. The highest BCUT2D eigenvalue weighted by Crippen LogP contribution is 2.20. The second kappa shape index (κ2) is 7.11. The van der Waals surface area contributed by atoms with Gasteiger partial charge in [0, 0.05) is 44.6 Å². The Balaban J connectivity index is 1.63. The highest BCUT2D eigenvalue weighted by atomic mass is 32.2. The van der Waals surface area contributed by atoms with Crippen LogP contribution in [0, 0.1) is 5.92 Å². The van der Waals surface area contributed by atoms with Crippen LogP contribution in [0.4, 0.5) is 5.95 Å². The molecule has 3 rings (SSSR count). The van der Waals surface area contributed by atoms with Gasteiger partial charge in [-0.25, -0.2) is 9.97 Å². The van der Waals surface area contributed by atoms with Gasteiger partial charge in [-0.1, -0.05) is 6.92 Å². The van der Waals surface area contributed by atoms with Crippen molar-refractivity contribution < 1.29 is 8.42 Å². The maximum atomic E-state index is 12.6. The summed E-state index contributed by atoms with van der Waals surface area (Å²) in [5.41, 5.74) is 0. The van der Waals surface area contributed by atoms with Gasteiger partial charge in [-0.3, -0.25) is 0 Å². The van der Waals surface area contributed by atoms with Gasteiger partial charge in [0.15, 0.2) is 0 Å². The van der Waals surface area contributed by atoms with Crippen molar-refractivity contribution in [1.82, 2.24) is 19.0 Å². The summed E-state index contributed by atoms with van der Waals surface area (Å²) in [5.74, 6) is 1.10. The molecular weight excluding hydrogens is 314 g/mol. The van der Waals surface area contributed by atoms with E-state index < -0.39 is 10.2 Å². The van der Waals surface area contributed by atoms with Crippen molar-refractivity contribution in [2.24, 2.45) is 5.92 Å². The fourth-order valence-corrected chi connectivity index (χ4v) is 4.94. The first kappa shape index (κ1) is 16.6. The minimum absolute atomic E-state index is 0.0882. The van der Waals surface area contributed by atoms with E-state index in [4.69, 9.17) is 0 Å². The zero-order valence-electron chi connectivity index (χ0n) is 13.6. The van der Waals surface area contributed by atoms with Gasteiger partial charge < -0.3 is 4.90 Å². The summed E-state index contributed by atoms with van der Waals surface area (Å²) in [7, 11) is -3.41. The molecule has 0 saturated carbocycles. The Bertz CT molecular complexity index is 610. The highest BCUT2D eigenvalue weighted by Gasteiger charge is 2.31. The summed E-state index contributed by atoms with van der Waals surface area (Å²) in [4.78, 5) is 10.6. The Labute approximate surface area is 138 Å². The molecule has 0 radical (unpaired) electrons. The number of nitrogens with one attached hydrogen (secondary N) is 1. The molecule has 8 heteroatoms. The molecule has 1 aromatic rings. The van der Waals surface area contributed by atoms with Crippen LogP contribution in [0.1, 0.15) is 32.6 Å². The fraction of sp³-hybridized carbons (Fsp3) is 0.733. The third-order valence-electron chi connectivity index (χ3n) is 4.53. The molecular formula is C15H25N5O2S. The van der Waals surface area contributed by atoms with Crippen LogP contribution < -0.4 is 9.62 Å². The third kappa shape index (κ3) is 4.19. The van der Waals surface area contributed by atoms with Crippen molar-refractivity contribution in [3.63, 3.8) is 0 Å². The van der Waals surface area contributed by atoms with E-state index in [0.717, 1.165) is 32.2 Å². The molecule has 0 aliphatic carbocycles. The molecule has 0 unspecified atom stereocenters. The first-order valence-corrected chi connectivity index (χ1v) is 9.78. The number of hydrogen-bond acceptors (Lipinski definition) is 5. The van der Waals surface area contributed by atoms with Crippen LogP contribution >= 0.6 is 0 Å². The minimum atomic E-state index is -3.41. The first-order valence-electron chi connectivity index (χ1n) is 8.34. The Morgan fingerprint density at radius 1 is 1.13 bits per heavy atom. The van der Waals surface area contributed by atoms with E-state index in [1.807, 2.05) is 0 Å². The van der Waals surface area contributed by atoms with Crippen molar-refractivity contribution in [3.05, 3.63) is 18.5 Å². The van der Waals surface area contributed by atoms with E-state index in [1.165, 1.54) is 0 Å². The SMILES string of the molecule is C[C@@H]1CCCN(S(=O)(=O)N[C@H]2CCCN(c3ncccn3)C2)C1. The van der Waals surface area contributed by atoms with E-state index in [2.05, 4.69) is 26.5 Å². The smallest absolute Gasteiger partial charge is 0.279 e. The van der Waals surface area contributed by atoms with Gasteiger partial charge in [-0.2, -0.15) is 17.4 Å². The second-order valence-corrected chi connectivity index (χ2v) is 8.26. The highest BCUT2D eigenvalue weighted by molar-refractivity contribution is 7.87. The predicted octanol–water partition coefficient (Wildman–Crippen LogP) is 1.01. The first-order chi connectivity index (χ1) is 11.0. The van der Waals surface area contributed by atoms with Crippen molar-refractivity contribution in [2.45, 2.75) is 38.6 Å². The van der Waals surface area contributed by atoms with Crippen LogP contribution in [-0.4, -0.2) is 54.9 Å². The normalized spacial score (nSPS) is 27.1. The van der Waals surface area contributed by atoms with Crippen molar-refractivity contribution >= 4 is 16.2 Å². The van der Waals surface area contributed by atoms with E-state index in [0.29, 0.717) is 31.5 Å². The zero-order chi connectivity index (χ0) is 16.3. The summed E-state index contributed by atoms with van der Waals surface area (Å²) >= 11 is 0. The van der Waals surface area contributed by atoms with E-state index in [9.17, 15) is 8.42 Å². The van der Waals surface area contributed by atoms with Crippen LogP contribution in [0.25, 0.3) is 0 Å². The Kier molecular flexibility index (Phi) is 5.13. The monoisotopic (exact) mass is 339 g/mol. The zero-order valence-corrected chi connectivity index (χ0v) is 14.4. The number of piperidine rings is 2. The standard InChI is InChI=1S/C15H25N5O2S/c1-13-5-2-10-20(11-13)23(21,22)18-14-6-3-9-19(12-14)15-16-7-4-8-17-15/h4,7-8,13-14,18H,2-3,5-6,9-12H2,1H3/t13-,14+/m1/s1. The van der Waals surface area contributed by atoms with Crippen molar-refractivity contribution in [1.29, 1.82) is 0 Å². The number of rotatable bonds is 4. The second-order valence-electron chi connectivity index (χ2n) is 6.56. The largest absolute Gasteiger partial charge is 0.339 e. The lowest BCUT2D eigenvalue weighted by Gasteiger charge is -2.35. The third-order valence-corrected chi connectivity index (χ3v) is 6.17. The van der Waals surface area contributed by atoms with Gasteiger partial charge in [0.2, 0.25) is 5.95 Å². The van der Waals surface area contributed by atoms with Gasteiger partial charge in [0.05, 0.1) is 0 Å². The van der Waals surface area contributed by atoms with Crippen LogP contribution in [0.2, 0.25) is 0 Å². The molecule has 0 amide bonds. The molecule has 7 nitrogen and oxygen atoms in total. The number of hydrogen-bond donors (Lipinski definition) is 1. The topological polar surface area (TPSA) is 78.4 Å². The number of anilines is 1. The average Bonchev–Trinajstić information content (AvgIpc) is 2.55. The van der Waals surface area contributed by atoms with Crippen LogP contribution in [0.3, 0.4) is 0 Å². The molecule has 1 N–H and O–H groups in total. The summed E-state index contributed by atoms with van der Waals surface area (Å²) in [6, 6.07) is 1.69. The molecule has 1 aromatic heterocycles. The quantitative estimate of drug-likeness (QED) is 0.886. The molecule has 2 atom stereocenters. The minimum Gasteiger partial charge on any atom is -0.339 e. The average molecular weight is 339 g/mol. The Morgan fingerprint density at radius 3 is 2.61 bits per heavy atom. The summed E-state index contributed by atoms with van der Waals surface area (Å²) in [6.45, 7) is 4.83. The molecule has 3 heterocycles. The molecule has 2 fully saturated rings. The molecule has 23 heavy (non-hydrogen) atoms. The maximum Gasteiger partial charge on any atom is 0.279 e. The molecule has 0 bridgehead atoms. The van der Waals surface area contributed by atoms with E-state index in [-0.39, 0.29) is 6.04 Å². The van der Waals surface area contributed by atoms with E-state index >= 15 is 0 Å². The lowest BCUT2D eigenvalue weighted by Crippen LogP contribution is -2.53. The Morgan fingerprint density at radius 2 is 1.87 bits per heavy atom. The predicted molar refractivity (Wildman–Crippen MR) is 89.3 cm³/mol. The summed E-state index contributed by atoms with van der Waals surface area (Å²) < 4.78 is 29.7. The van der Waals surface area contributed by atoms with Gasteiger partial charge in [-0.05, 0) is 37.7 Å². The van der Waals surface area contributed by atoms with Gasteiger partial charge in [0.1, 0.15) is 0 Å². The number of aromatic nitrogens is 2. The van der Waals surface area contributed by atoms with Crippen LogP contribution in [-0.2, 0) is 10.2 Å². The van der Waals surface area contributed by atoms with E-state index in [1.54, 1.807) is 22.8 Å². The van der Waals surface area contributed by atoms with Gasteiger partial charge in [0.25, 0.3) is 10.2 Å². The molecule has 0 aromatic carbocycles. The van der Waals surface area contributed by atoms with Crippen LogP contribution in [0.5, 0.6) is 0 Å². The van der Waals surface area contributed by atoms with Crippen LogP contribution in [0.15, 0.2) is 18.5 Å². The molecule has 2 aliphatic heterocycles. The van der Waals surface area contributed by atoms with Gasteiger partial charge >= 0.3 is 0 Å². The molecule has 2 saturated heterocycles. The molecule has 2 aliphatic rings. The molecule has 128 valence electrons. The van der Waals surface area contributed by atoms with Crippen molar-refractivity contribution in [2.75, 3.05) is 31.1 Å². The lowest BCUT2D eigenvalue weighted by atomic mass is 10.0. The Hall–Kier alpha value is -1.25. The van der Waals surface area contributed by atoms with Gasteiger partial charge in [-0.15, -0.1) is 0 Å². The number of nitrogens with zero attached hydrogens (tertiary/aromatic N) is 4. The maximum absolute atomic E-state index is 12.6. The summed E-state index contributed by atoms with van der Waals surface area (Å²) in [6.07, 6.45) is 7.26. The lowest BCUT2D eigenvalue weighted by molar-refractivity contribution is 0.275. The van der Waals surface area contributed by atoms with Crippen molar-refractivity contribution in [3.8, 4) is 0 Å². The summed E-state index contributed by atoms with van der Waals surface area (Å²) in [5, 5.41) is 0. The fourth-order valence-electron chi connectivity index (χ4n) is 3.36.